The molecule has 2 aliphatic rings. The largest absolute Gasteiger partial charge is 0.329 e. The molecule has 2 saturated carbocycles. The van der Waals surface area contributed by atoms with E-state index in [1.807, 2.05) is 0 Å². The molecule has 2 fully saturated rings. The molecule has 0 saturated heterocycles. The molecule has 2 rings (SSSR count). The minimum Gasteiger partial charge on any atom is -0.329 e. The first-order valence-electron chi connectivity index (χ1n) is 6.27. The van der Waals surface area contributed by atoms with E-state index in [2.05, 4.69) is 11.8 Å². The molecule has 2 nitrogen and oxygen atoms in total. The van der Waals surface area contributed by atoms with Crippen molar-refractivity contribution in [3.63, 3.8) is 0 Å². The van der Waals surface area contributed by atoms with Crippen LogP contribution in [-0.4, -0.2) is 30.6 Å². The average Bonchev–Trinajstić information content (AvgIpc) is 3.00. The molecule has 2 heteroatoms. The highest BCUT2D eigenvalue weighted by Crippen LogP contribution is 2.34. The Morgan fingerprint density at radius 2 is 1.64 bits per heavy atom. The fraction of sp³-hybridized carbons (Fsp3) is 1.00. The molecule has 0 amide bonds. The Morgan fingerprint density at radius 1 is 1.14 bits per heavy atom. The number of nitrogens with two attached hydrogens (primary N) is 1. The van der Waals surface area contributed by atoms with Crippen molar-refractivity contribution in [2.24, 2.45) is 17.6 Å². The van der Waals surface area contributed by atoms with Crippen LogP contribution in [0.2, 0.25) is 0 Å². The monoisotopic (exact) mass is 196 g/mol. The third-order valence-electron chi connectivity index (χ3n) is 3.64. The standard InChI is InChI=1S/C12H24N2/c1-2-12(7-13)14(8-10-3-4-10)9-11-5-6-11/h10-12H,2-9,13H2,1H3. The lowest BCUT2D eigenvalue weighted by molar-refractivity contribution is 0.179. The highest BCUT2D eigenvalue weighted by molar-refractivity contribution is 4.85. The van der Waals surface area contributed by atoms with Crippen LogP contribution in [0.5, 0.6) is 0 Å². The smallest absolute Gasteiger partial charge is 0.0216 e. The maximum Gasteiger partial charge on any atom is 0.0216 e. The summed E-state index contributed by atoms with van der Waals surface area (Å²) in [5.41, 5.74) is 5.83. The van der Waals surface area contributed by atoms with Gasteiger partial charge in [0.1, 0.15) is 0 Å². The summed E-state index contributed by atoms with van der Waals surface area (Å²) in [5, 5.41) is 0. The van der Waals surface area contributed by atoms with Crippen LogP contribution in [0.1, 0.15) is 39.0 Å². The summed E-state index contributed by atoms with van der Waals surface area (Å²) < 4.78 is 0. The van der Waals surface area contributed by atoms with Gasteiger partial charge in [0.2, 0.25) is 0 Å². The zero-order valence-corrected chi connectivity index (χ0v) is 9.41. The van der Waals surface area contributed by atoms with Crippen LogP contribution in [0.25, 0.3) is 0 Å². The fourth-order valence-corrected chi connectivity index (χ4v) is 2.21. The van der Waals surface area contributed by atoms with Gasteiger partial charge in [-0.25, -0.2) is 0 Å². The zero-order chi connectivity index (χ0) is 9.97. The molecule has 1 unspecified atom stereocenters. The van der Waals surface area contributed by atoms with Crippen molar-refractivity contribution in [2.75, 3.05) is 19.6 Å². The lowest BCUT2D eigenvalue weighted by Crippen LogP contribution is -2.42. The van der Waals surface area contributed by atoms with Gasteiger partial charge in [-0.3, -0.25) is 4.90 Å². The van der Waals surface area contributed by atoms with E-state index in [0.29, 0.717) is 6.04 Å². The van der Waals surface area contributed by atoms with E-state index in [1.54, 1.807) is 0 Å². The molecule has 0 aliphatic heterocycles. The molecule has 0 heterocycles. The van der Waals surface area contributed by atoms with Crippen molar-refractivity contribution in [3.8, 4) is 0 Å². The molecule has 2 N–H and O–H groups in total. The van der Waals surface area contributed by atoms with Crippen LogP contribution in [0, 0.1) is 11.8 Å². The third-order valence-corrected chi connectivity index (χ3v) is 3.64. The molecule has 82 valence electrons. The maximum absolute atomic E-state index is 5.83. The minimum absolute atomic E-state index is 0.649. The van der Waals surface area contributed by atoms with E-state index in [1.165, 1.54) is 45.2 Å². The summed E-state index contributed by atoms with van der Waals surface area (Å²) in [6.45, 7) is 5.76. The van der Waals surface area contributed by atoms with Crippen molar-refractivity contribution in [1.82, 2.24) is 4.90 Å². The zero-order valence-electron chi connectivity index (χ0n) is 9.41. The van der Waals surface area contributed by atoms with E-state index in [0.717, 1.165) is 18.4 Å². The van der Waals surface area contributed by atoms with Gasteiger partial charge in [0, 0.05) is 25.7 Å². The van der Waals surface area contributed by atoms with Crippen LogP contribution in [0.3, 0.4) is 0 Å². The second-order valence-corrected chi connectivity index (χ2v) is 5.14. The number of hydrogen-bond acceptors (Lipinski definition) is 2. The molecule has 0 aromatic heterocycles. The summed E-state index contributed by atoms with van der Waals surface area (Å²) in [4.78, 5) is 2.68. The first-order valence-corrected chi connectivity index (χ1v) is 6.27. The van der Waals surface area contributed by atoms with Crippen molar-refractivity contribution in [2.45, 2.75) is 45.1 Å². The lowest BCUT2D eigenvalue weighted by Gasteiger charge is -2.30. The van der Waals surface area contributed by atoms with Crippen LogP contribution in [-0.2, 0) is 0 Å². The summed E-state index contributed by atoms with van der Waals surface area (Å²) >= 11 is 0. The highest BCUT2D eigenvalue weighted by Gasteiger charge is 2.31. The van der Waals surface area contributed by atoms with Gasteiger partial charge in [-0.15, -0.1) is 0 Å². The van der Waals surface area contributed by atoms with Gasteiger partial charge in [0.25, 0.3) is 0 Å². The van der Waals surface area contributed by atoms with E-state index < -0.39 is 0 Å². The van der Waals surface area contributed by atoms with Crippen LogP contribution in [0.15, 0.2) is 0 Å². The van der Waals surface area contributed by atoms with Crippen LogP contribution >= 0.6 is 0 Å². The Hall–Kier alpha value is -0.0800. The highest BCUT2D eigenvalue weighted by atomic mass is 15.2. The predicted octanol–water partition coefficient (Wildman–Crippen LogP) is 1.85. The number of nitrogens with zero attached hydrogens (tertiary/aromatic N) is 1. The average molecular weight is 196 g/mol. The van der Waals surface area contributed by atoms with Crippen LogP contribution in [0.4, 0.5) is 0 Å². The van der Waals surface area contributed by atoms with E-state index in [4.69, 9.17) is 5.73 Å². The van der Waals surface area contributed by atoms with E-state index in [9.17, 15) is 0 Å². The Bertz CT molecular complexity index is 155. The van der Waals surface area contributed by atoms with E-state index >= 15 is 0 Å². The summed E-state index contributed by atoms with van der Waals surface area (Å²) in [7, 11) is 0. The molecule has 0 bridgehead atoms. The molecule has 0 spiro atoms. The second kappa shape index (κ2) is 4.63. The Balaban J connectivity index is 1.80. The normalized spacial score (nSPS) is 24.2. The van der Waals surface area contributed by atoms with Gasteiger partial charge in [-0.2, -0.15) is 0 Å². The molecule has 0 aromatic carbocycles. The van der Waals surface area contributed by atoms with Crippen molar-refractivity contribution < 1.29 is 0 Å². The number of rotatable bonds is 7. The van der Waals surface area contributed by atoms with Gasteiger partial charge >= 0.3 is 0 Å². The quantitative estimate of drug-likeness (QED) is 0.673. The molecule has 0 aromatic rings. The van der Waals surface area contributed by atoms with Gasteiger partial charge in [-0.1, -0.05) is 6.92 Å². The van der Waals surface area contributed by atoms with Crippen LogP contribution < -0.4 is 5.73 Å². The Morgan fingerprint density at radius 3 is 1.93 bits per heavy atom. The molecule has 1 atom stereocenters. The SMILES string of the molecule is CCC(CN)N(CC1CC1)CC1CC1. The predicted molar refractivity (Wildman–Crippen MR) is 60.2 cm³/mol. The van der Waals surface area contributed by atoms with Gasteiger partial charge < -0.3 is 5.73 Å². The topological polar surface area (TPSA) is 29.3 Å². The summed E-state index contributed by atoms with van der Waals surface area (Å²) in [6, 6.07) is 0.649. The second-order valence-electron chi connectivity index (χ2n) is 5.14. The maximum atomic E-state index is 5.83. The van der Waals surface area contributed by atoms with E-state index in [-0.39, 0.29) is 0 Å². The fourth-order valence-electron chi connectivity index (χ4n) is 2.21. The van der Waals surface area contributed by atoms with Crippen molar-refractivity contribution in [3.05, 3.63) is 0 Å². The third kappa shape index (κ3) is 2.96. The summed E-state index contributed by atoms with van der Waals surface area (Å²) in [6.07, 6.45) is 7.06. The van der Waals surface area contributed by atoms with Crippen molar-refractivity contribution in [1.29, 1.82) is 0 Å². The molecular formula is C12H24N2. The van der Waals surface area contributed by atoms with Gasteiger partial charge in [0.15, 0.2) is 0 Å². The minimum atomic E-state index is 0.649. The molecule has 14 heavy (non-hydrogen) atoms. The first-order chi connectivity index (χ1) is 6.83. The Kier molecular flexibility index (Phi) is 3.45. The Labute approximate surface area is 87.8 Å². The van der Waals surface area contributed by atoms with Gasteiger partial charge in [-0.05, 0) is 43.9 Å². The number of hydrogen-bond donors (Lipinski definition) is 1. The molecule has 0 radical (unpaired) electrons. The van der Waals surface area contributed by atoms with Crippen molar-refractivity contribution >= 4 is 0 Å². The first kappa shape index (κ1) is 10.4. The summed E-state index contributed by atoms with van der Waals surface area (Å²) in [5.74, 6) is 2.02. The molecule has 2 aliphatic carbocycles. The molecular weight excluding hydrogens is 172 g/mol. The van der Waals surface area contributed by atoms with Gasteiger partial charge in [0.05, 0.1) is 0 Å². The lowest BCUT2D eigenvalue weighted by atomic mass is 10.1.